The quantitative estimate of drug-likeness (QED) is 0.485. The molecule has 3 N–H and O–H groups in total. The van der Waals surface area contributed by atoms with Crippen LogP contribution in [0.5, 0.6) is 0 Å². The van der Waals surface area contributed by atoms with Crippen molar-refractivity contribution >= 4 is 17.3 Å². The number of hydrogen-bond acceptors (Lipinski definition) is 4. The van der Waals surface area contributed by atoms with Crippen molar-refractivity contribution in [2.24, 2.45) is 0 Å². The third kappa shape index (κ3) is 3.94. The van der Waals surface area contributed by atoms with Gasteiger partial charge in [0.1, 0.15) is 0 Å². The van der Waals surface area contributed by atoms with E-state index in [0.29, 0.717) is 0 Å². The highest BCUT2D eigenvalue weighted by Gasteiger charge is 2.22. The molecular formula is C13H19N3O3. The molecule has 0 radical (unpaired) electrons. The molecule has 0 aliphatic heterocycles. The Hall–Kier alpha value is -2.11. The van der Waals surface area contributed by atoms with E-state index in [9.17, 15) is 14.9 Å². The summed E-state index contributed by atoms with van der Waals surface area (Å²) < 4.78 is 0. The highest BCUT2D eigenvalue weighted by molar-refractivity contribution is 6.00. The van der Waals surface area contributed by atoms with Gasteiger partial charge < -0.3 is 11.1 Å². The molecule has 19 heavy (non-hydrogen) atoms. The number of carbonyl (C=O) groups is 1. The number of hydrogen-bond donors (Lipinski definition) is 2. The average Bonchev–Trinajstić information content (AvgIpc) is 2.28. The molecule has 0 saturated heterocycles. The summed E-state index contributed by atoms with van der Waals surface area (Å²) in [6, 6.07) is 3.86. The molecule has 1 aromatic rings. The number of nitrogen functional groups attached to an aromatic ring is 1. The third-order valence-electron chi connectivity index (χ3n) is 2.82. The van der Waals surface area contributed by atoms with Gasteiger partial charge in [-0.05, 0) is 26.3 Å². The van der Waals surface area contributed by atoms with Crippen LogP contribution in [0, 0.1) is 10.1 Å². The Morgan fingerprint density at radius 3 is 2.63 bits per heavy atom. The Kier molecular flexibility index (Phi) is 4.47. The van der Waals surface area contributed by atoms with Crippen LogP contribution < -0.4 is 11.1 Å². The zero-order chi connectivity index (χ0) is 14.6. The number of non-ortho nitro benzene ring substituents is 1. The number of rotatable bonds is 5. The standard InChI is InChI=1S/C13H19N3O3/c1-4-7-13(2,3)15-12(17)10-8-9(16(18)19)5-6-11(10)14/h5-6,8H,4,7,14H2,1-3H3,(H,15,17). The lowest BCUT2D eigenvalue weighted by molar-refractivity contribution is -0.384. The lowest BCUT2D eigenvalue weighted by atomic mass is 9.98. The number of nitrogens with two attached hydrogens (primary N) is 1. The summed E-state index contributed by atoms with van der Waals surface area (Å²) in [6.07, 6.45) is 1.74. The molecule has 0 aromatic heterocycles. The van der Waals surface area contributed by atoms with E-state index in [1.54, 1.807) is 0 Å². The van der Waals surface area contributed by atoms with E-state index in [2.05, 4.69) is 5.32 Å². The Morgan fingerprint density at radius 2 is 2.11 bits per heavy atom. The number of carbonyl (C=O) groups excluding carboxylic acids is 1. The summed E-state index contributed by atoms with van der Waals surface area (Å²) >= 11 is 0. The molecule has 0 spiro atoms. The normalized spacial score (nSPS) is 11.1. The molecule has 0 aliphatic rings. The summed E-state index contributed by atoms with van der Waals surface area (Å²) in [4.78, 5) is 22.3. The lowest BCUT2D eigenvalue weighted by Gasteiger charge is -2.26. The second-order valence-electron chi connectivity index (χ2n) is 5.12. The first kappa shape index (κ1) is 14.9. The highest BCUT2D eigenvalue weighted by Crippen LogP contribution is 2.21. The van der Waals surface area contributed by atoms with Gasteiger partial charge in [-0.3, -0.25) is 14.9 Å². The minimum atomic E-state index is -0.548. The molecule has 0 atom stereocenters. The fourth-order valence-corrected chi connectivity index (χ4v) is 1.92. The van der Waals surface area contributed by atoms with Gasteiger partial charge in [-0.2, -0.15) is 0 Å². The van der Waals surface area contributed by atoms with Crippen LogP contribution in [0.15, 0.2) is 18.2 Å². The second-order valence-corrected chi connectivity index (χ2v) is 5.12. The van der Waals surface area contributed by atoms with Crippen molar-refractivity contribution in [2.45, 2.75) is 39.2 Å². The van der Waals surface area contributed by atoms with Crippen molar-refractivity contribution < 1.29 is 9.72 Å². The van der Waals surface area contributed by atoms with E-state index in [1.165, 1.54) is 18.2 Å². The lowest BCUT2D eigenvalue weighted by Crippen LogP contribution is -2.43. The Bertz CT molecular complexity index is 498. The number of benzene rings is 1. The number of anilines is 1. The van der Waals surface area contributed by atoms with E-state index in [4.69, 9.17) is 5.73 Å². The maximum absolute atomic E-state index is 12.1. The molecule has 104 valence electrons. The van der Waals surface area contributed by atoms with Crippen molar-refractivity contribution in [1.82, 2.24) is 5.32 Å². The molecular weight excluding hydrogens is 246 g/mol. The van der Waals surface area contributed by atoms with E-state index in [0.717, 1.165) is 12.8 Å². The number of nitro benzene ring substituents is 1. The predicted molar refractivity (Wildman–Crippen MR) is 74.0 cm³/mol. The monoisotopic (exact) mass is 265 g/mol. The van der Waals surface area contributed by atoms with Crippen LogP contribution in [-0.4, -0.2) is 16.4 Å². The van der Waals surface area contributed by atoms with Crippen molar-refractivity contribution in [3.05, 3.63) is 33.9 Å². The van der Waals surface area contributed by atoms with Crippen molar-refractivity contribution in [3.8, 4) is 0 Å². The van der Waals surface area contributed by atoms with Gasteiger partial charge in [-0.15, -0.1) is 0 Å². The van der Waals surface area contributed by atoms with Crippen molar-refractivity contribution in [2.75, 3.05) is 5.73 Å². The molecule has 6 heteroatoms. The van der Waals surface area contributed by atoms with Gasteiger partial charge in [0.05, 0.1) is 10.5 Å². The minimum Gasteiger partial charge on any atom is -0.398 e. The minimum absolute atomic E-state index is 0.137. The Morgan fingerprint density at radius 1 is 1.47 bits per heavy atom. The second kappa shape index (κ2) is 5.69. The molecule has 1 rings (SSSR count). The topological polar surface area (TPSA) is 98.3 Å². The van der Waals surface area contributed by atoms with Gasteiger partial charge in [-0.25, -0.2) is 0 Å². The van der Waals surface area contributed by atoms with Gasteiger partial charge in [0.25, 0.3) is 11.6 Å². The average molecular weight is 265 g/mol. The largest absolute Gasteiger partial charge is 0.398 e. The summed E-state index contributed by atoms with van der Waals surface area (Å²) in [5.74, 6) is -0.389. The molecule has 1 amide bonds. The zero-order valence-electron chi connectivity index (χ0n) is 11.4. The first-order chi connectivity index (χ1) is 8.76. The fraction of sp³-hybridized carbons (Fsp3) is 0.462. The van der Waals surface area contributed by atoms with Crippen LogP contribution in [0.3, 0.4) is 0 Å². The number of nitrogens with one attached hydrogen (secondary N) is 1. The predicted octanol–water partition coefficient (Wildman–Crippen LogP) is 2.49. The number of nitrogens with zero attached hydrogens (tertiary/aromatic N) is 1. The summed E-state index contributed by atoms with van der Waals surface area (Å²) in [6.45, 7) is 5.83. The van der Waals surface area contributed by atoms with E-state index in [1.807, 2.05) is 20.8 Å². The van der Waals surface area contributed by atoms with Crippen LogP contribution in [0.25, 0.3) is 0 Å². The molecule has 0 saturated carbocycles. The molecule has 6 nitrogen and oxygen atoms in total. The molecule has 0 unspecified atom stereocenters. The van der Waals surface area contributed by atoms with Gasteiger partial charge in [0.2, 0.25) is 0 Å². The highest BCUT2D eigenvalue weighted by atomic mass is 16.6. The Labute approximate surface area is 112 Å². The zero-order valence-corrected chi connectivity index (χ0v) is 11.4. The summed E-state index contributed by atoms with van der Waals surface area (Å²) in [5, 5.41) is 13.5. The van der Waals surface area contributed by atoms with E-state index >= 15 is 0 Å². The van der Waals surface area contributed by atoms with Crippen LogP contribution in [0.1, 0.15) is 44.0 Å². The maximum Gasteiger partial charge on any atom is 0.270 e. The number of nitro groups is 1. The van der Waals surface area contributed by atoms with Gasteiger partial charge in [0, 0.05) is 23.4 Å². The van der Waals surface area contributed by atoms with Gasteiger partial charge in [-0.1, -0.05) is 13.3 Å². The van der Waals surface area contributed by atoms with Crippen LogP contribution in [0.4, 0.5) is 11.4 Å². The maximum atomic E-state index is 12.1. The van der Waals surface area contributed by atoms with Crippen molar-refractivity contribution in [1.29, 1.82) is 0 Å². The number of amides is 1. The third-order valence-corrected chi connectivity index (χ3v) is 2.82. The van der Waals surface area contributed by atoms with Gasteiger partial charge >= 0.3 is 0 Å². The molecule has 0 heterocycles. The van der Waals surface area contributed by atoms with Crippen LogP contribution in [0.2, 0.25) is 0 Å². The SMILES string of the molecule is CCCC(C)(C)NC(=O)c1cc([N+](=O)[O-])ccc1N. The van der Waals surface area contributed by atoms with Crippen LogP contribution >= 0.6 is 0 Å². The van der Waals surface area contributed by atoms with Gasteiger partial charge in [0.15, 0.2) is 0 Å². The fourth-order valence-electron chi connectivity index (χ4n) is 1.92. The smallest absolute Gasteiger partial charge is 0.270 e. The Balaban J connectivity index is 2.99. The summed E-state index contributed by atoms with van der Waals surface area (Å²) in [7, 11) is 0. The van der Waals surface area contributed by atoms with Crippen LogP contribution in [-0.2, 0) is 0 Å². The molecule has 1 aromatic carbocycles. The molecule has 0 aliphatic carbocycles. The summed E-state index contributed by atoms with van der Waals surface area (Å²) in [5.41, 5.74) is 5.55. The first-order valence-electron chi connectivity index (χ1n) is 6.13. The van der Waals surface area contributed by atoms with E-state index < -0.39 is 4.92 Å². The van der Waals surface area contributed by atoms with Crippen molar-refractivity contribution in [3.63, 3.8) is 0 Å². The first-order valence-corrected chi connectivity index (χ1v) is 6.13. The molecule has 0 bridgehead atoms. The van der Waals surface area contributed by atoms with E-state index in [-0.39, 0.29) is 28.4 Å². The molecule has 0 fully saturated rings.